The van der Waals surface area contributed by atoms with Crippen LogP contribution >= 0.6 is 0 Å². The van der Waals surface area contributed by atoms with Crippen LogP contribution in [0.25, 0.3) is 150 Å². The maximum Gasteiger partial charge on any atom is 0.164 e. The fraction of sp³-hybridized carbons (Fsp3) is 0. The summed E-state index contributed by atoms with van der Waals surface area (Å²) in [6, 6.07) is 90.2. The van der Waals surface area contributed by atoms with Gasteiger partial charge in [-0.2, -0.15) is 0 Å². The van der Waals surface area contributed by atoms with Crippen LogP contribution in [-0.4, -0.2) is 28.7 Å². The molecule has 76 heavy (non-hydrogen) atoms. The minimum Gasteiger partial charge on any atom is -0.454 e. The molecule has 0 radical (unpaired) electrons. The van der Waals surface area contributed by atoms with E-state index < -0.39 is 0 Å². The van der Waals surface area contributed by atoms with Gasteiger partial charge in [0, 0.05) is 65.5 Å². The molecule has 0 amide bonds. The lowest BCUT2D eigenvalue weighted by Crippen LogP contribution is -2.02. The molecule has 5 heterocycles. The predicted molar refractivity (Wildman–Crippen MR) is 312 cm³/mol. The Morgan fingerprint density at radius 1 is 0.289 bits per heavy atom. The second kappa shape index (κ2) is 16.6. The second-order valence-electron chi connectivity index (χ2n) is 19.5. The normalized spacial score (nSPS) is 11.9. The molecule has 16 aromatic rings. The van der Waals surface area contributed by atoms with Crippen molar-refractivity contribution >= 4 is 87.4 Å². The molecule has 7 nitrogen and oxygen atoms in total. The van der Waals surface area contributed by atoms with E-state index in [1.54, 1.807) is 0 Å². The van der Waals surface area contributed by atoms with Crippen LogP contribution in [0.5, 0.6) is 0 Å². The molecule has 0 aliphatic carbocycles. The van der Waals surface area contributed by atoms with Crippen molar-refractivity contribution < 1.29 is 4.42 Å². The zero-order valence-electron chi connectivity index (χ0n) is 40.8. The lowest BCUT2D eigenvalue weighted by Gasteiger charge is -2.16. The molecule has 0 unspecified atom stereocenters. The SMILES string of the molecule is c1ccc(-c2ccc(-c3nc(-c4ccccc4)nc(-c4ccc(-n5c6ccccc6c6cc(-n7c8ccccc8c8ccccc87)c7c(c8ccccc8n7-c7ccccc7)c65)c5oc6ccccc6c45)n3)cc2)cc1. The van der Waals surface area contributed by atoms with E-state index >= 15 is 0 Å². The van der Waals surface area contributed by atoms with E-state index in [-0.39, 0.29) is 0 Å². The largest absolute Gasteiger partial charge is 0.454 e. The summed E-state index contributed by atoms with van der Waals surface area (Å²) < 4.78 is 14.6. The van der Waals surface area contributed by atoms with E-state index in [0.717, 1.165) is 121 Å². The van der Waals surface area contributed by atoms with Crippen LogP contribution in [-0.2, 0) is 0 Å². The van der Waals surface area contributed by atoms with Gasteiger partial charge in [0.2, 0.25) is 0 Å². The number of hydrogen-bond acceptors (Lipinski definition) is 4. The Bertz CT molecular complexity index is 4920. The van der Waals surface area contributed by atoms with Crippen molar-refractivity contribution in [2.75, 3.05) is 0 Å². The molecule has 354 valence electrons. The summed E-state index contributed by atoms with van der Waals surface area (Å²) in [6.07, 6.45) is 0. The van der Waals surface area contributed by atoms with E-state index in [1.165, 1.54) is 10.8 Å². The number of rotatable bonds is 7. The quantitative estimate of drug-likeness (QED) is 0.160. The molecule has 7 heteroatoms. The van der Waals surface area contributed by atoms with Crippen molar-refractivity contribution in [3.05, 3.63) is 255 Å². The molecule has 11 aromatic carbocycles. The second-order valence-corrected chi connectivity index (χ2v) is 19.5. The van der Waals surface area contributed by atoms with Gasteiger partial charge in [0.25, 0.3) is 0 Å². The zero-order chi connectivity index (χ0) is 49.8. The van der Waals surface area contributed by atoms with Gasteiger partial charge in [-0.15, -0.1) is 0 Å². The highest BCUT2D eigenvalue weighted by molar-refractivity contribution is 6.29. The molecule has 0 saturated carbocycles. The smallest absolute Gasteiger partial charge is 0.164 e. The monoisotopic (exact) mass is 970 g/mol. The molecule has 0 saturated heterocycles. The van der Waals surface area contributed by atoms with Crippen LogP contribution < -0.4 is 0 Å². The van der Waals surface area contributed by atoms with E-state index in [4.69, 9.17) is 19.4 Å². The summed E-state index contributed by atoms with van der Waals surface area (Å²) in [5, 5.41) is 8.90. The van der Waals surface area contributed by atoms with Gasteiger partial charge in [-0.25, -0.2) is 15.0 Å². The van der Waals surface area contributed by atoms with Crippen molar-refractivity contribution in [1.82, 2.24) is 28.7 Å². The van der Waals surface area contributed by atoms with Crippen LogP contribution in [0.15, 0.2) is 259 Å². The Morgan fingerprint density at radius 3 is 1.39 bits per heavy atom. The Kier molecular flexibility index (Phi) is 9.20. The first kappa shape index (κ1) is 42.2. The average molecular weight is 971 g/mol. The third-order valence-corrected chi connectivity index (χ3v) is 15.3. The Labute approximate surface area is 435 Å². The van der Waals surface area contributed by atoms with Crippen molar-refractivity contribution in [3.8, 4) is 62.4 Å². The first-order valence-electron chi connectivity index (χ1n) is 25.7. The van der Waals surface area contributed by atoms with Crippen LogP contribution in [0.3, 0.4) is 0 Å². The van der Waals surface area contributed by atoms with Crippen molar-refractivity contribution in [2.45, 2.75) is 0 Å². The summed E-state index contributed by atoms with van der Waals surface area (Å²) in [5.74, 6) is 1.74. The summed E-state index contributed by atoms with van der Waals surface area (Å²) in [5.41, 5.74) is 16.2. The van der Waals surface area contributed by atoms with Gasteiger partial charge in [0.1, 0.15) is 5.58 Å². The standard InChI is InChI=1S/C69H42N6O/c1-4-20-43(21-5-1)44-36-38-46(39-37-44)68-70-67(45-22-6-2-7-23-45)71-69(72-68)53-40-41-59(66-62(53)52-30-14-19-35-61(52)76-66)75-57-33-17-12-28-50(57)54-42-60(74-55-31-15-10-26-48(55)49-27-11-16-32-56(49)74)65-63(64(54)75)51-29-13-18-34-58(51)73(65)47-24-8-3-9-25-47/h1-42H. The first-order chi connectivity index (χ1) is 37.7. The summed E-state index contributed by atoms with van der Waals surface area (Å²) >= 11 is 0. The molecule has 5 aromatic heterocycles. The molecule has 0 aliphatic rings. The van der Waals surface area contributed by atoms with Crippen LogP contribution in [0, 0.1) is 0 Å². The molecule has 16 rings (SSSR count). The Hall–Kier alpha value is -10.4. The van der Waals surface area contributed by atoms with Crippen LogP contribution in [0.1, 0.15) is 0 Å². The van der Waals surface area contributed by atoms with Crippen molar-refractivity contribution in [3.63, 3.8) is 0 Å². The maximum absolute atomic E-state index is 7.20. The number of aromatic nitrogens is 6. The third-order valence-electron chi connectivity index (χ3n) is 15.3. The Balaban J connectivity index is 1.01. The molecular weight excluding hydrogens is 929 g/mol. The van der Waals surface area contributed by atoms with Crippen LogP contribution in [0.2, 0.25) is 0 Å². The molecule has 0 atom stereocenters. The minimum absolute atomic E-state index is 0.561. The molecular formula is C69H42N6O. The number of nitrogens with zero attached hydrogens (tertiary/aromatic N) is 6. The van der Waals surface area contributed by atoms with E-state index in [0.29, 0.717) is 17.5 Å². The van der Waals surface area contributed by atoms with Gasteiger partial charge >= 0.3 is 0 Å². The fourth-order valence-corrected chi connectivity index (χ4v) is 12.0. The topological polar surface area (TPSA) is 66.6 Å². The van der Waals surface area contributed by atoms with E-state index in [1.807, 2.05) is 30.3 Å². The highest BCUT2D eigenvalue weighted by atomic mass is 16.3. The lowest BCUT2D eigenvalue weighted by molar-refractivity contribution is 0.666. The van der Waals surface area contributed by atoms with Crippen LogP contribution in [0.4, 0.5) is 0 Å². The summed E-state index contributed by atoms with van der Waals surface area (Å²) in [7, 11) is 0. The number of hydrogen-bond donors (Lipinski definition) is 0. The van der Waals surface area contributed by atoms with Gasteiger partial charge in [0.05, 0.1) is 44.5 Å². The summed E-state index contributed by atoms with van der Waals surface area (Å²) in [6.45, 7) is 0. The molecule has 0 bridgehead atoms. The van der Waals surface area contributed by atoms with Crippen molar-refractivity contribution in [2.24, 2.45) is 0 Å². The van der Waals surface area contributed by atoms with Gasteiger partial charge in [0.15, 0.2) is 23.1 Å². The lowest BCUT2D eigenvalue weighted by atomic mass is 10.0. The first-order valence-corrected chi connectivity index (χ1v) is 25.7. The summed E-state index contributed by atoms with van der Waals surface area (Å²) in [4.78, 5) is 15.8. The number of furan rings is 1. The Morgan fingerprint density at radius 2 is 0.750 bits per heavy atom. The third kappa shape index (κ3) is 6.26. The highest BCUT2D eigenvalue weighted by Crippen LogP contribution is 2.48. The van der Waals surface area contributed by atoms with Gasteiger partial charge < -0.3 is 18.1 Å². The zero-order valence-corrected chi connectivity index (χ0v) is 40.8. The highest BCUT2D eigenvalue weighted by Gasteiger charge is 2.28. The number of benzene rings is 11. The fourth-order valence-electron chi connectivity index (χ4n) is 12.0. The van der Waals surface area contributed by atoms with Gasteiger partial charge in [-0.3, -0.25) is 0 Å². The molecule has 0 N–H and O–H groups in total. The number of fused-ring (bicyclic) bond motifs is 13. The van der Waals surface area contributed by atoms with Gasteiger partial charge in [-0.05, 0) is 71.8 Å². The maximum atomic E-state index is 7.20. The number of para-hydroxylation sites is 6. The molecule has 0 fully saturated rings. The van der Waals surface area contributed by atoms with Gasteiger partial charge in [-0.1, -0.05) is 194 Å². The predicted octanol–water partition coefficient (Wildman–Crippen LogP) is 17.7. The van der Waals surface area contributed by atoms with Crippen molar-refractivity contribution in [1.29, 1.82) is 0 Å². The average Bonchev–Trinajstić information content (AvgIpc) is 4.45. The van der Waals surface area contributed by atoms with E-state index in [9.17, 15) is 0 Å². The molecule has 0 spiro atoms. The minimum atomic E-state index is 0.561. The van der Waals surface area contributed by atoms with E-state index in [2.05, 4.69) is 238 Å². The molecule has 0 aliphatic heterocycles.